The topological polar surface area (TPSA) is 67.4 Å². The number of para-hydroxylation sites is 2. The maximum Gasteiger partial charge on any atom is 0.228 e. The summed E-state index contributed by atoms with van der Waals surface area (Å²) in [4.78, 5) is 24.7. The van der Waals surface area contributed by atoms with Crippen molar-refractivity contribution < 1.29 is 14.3 Å². The lowest BCUT2D eigenvalue weighted by Gasteiger charge is -2.11. The standard InChI is InChI=1S/C21H23ClN2O3/c1-2-27-19-6-4-3-5-18(19)24-21(26)17-13-16(17)20(25)23-12-11-14-7-9-15(22)10-8-14/h3-10,16-17H,2,11-13H2,1H3,(H,23,25)(H,24,26). The van der Waals surface area contributed by atoms with E-state index in [-0.39, 0.29) is 23.7 Å². The first-order chi connectivity index (χ1) is 13.1. The number of hydrogen-bond acceptors (Lipinski definition) is 3. The molecule has 1 fully saturated rings. The Kier molecular flexibility index (Phi) is 6.35. The molecular weight excluding hydrogens is 364 g/mol. The Labute approximate surface area is 164 Å². The van der Waals surface area contributed by atoms with Gasteiger partial charge in [0.2, 0.25) is 11.8 Å². The van der Waals surface area contributed by atoms with Crippen molar-refractivity contribution in [3.8, 4) is 5.75 Å². The minimum Gasteiger partial charge on any atom is -0.492 e. The third-order valence-corrected chi connectivity index (χ3v) is 4.79. The van der Waals surface area contributed by atoms with E-state index in [2.05, 4.69) is 10.6 Å². The number of ether oxygens (including phenoxy) is 1. The van der Waals surface area contributed by atoms with Crippen LogP contribution in [0.3, 0.4) is 0 Å². The van der Waals surface area contributed by atoms with Gasteiger partial charge in [-0.3, -0.25) is 9.59 Å². The number of rotatable bonds is 8. The number of nitrogens with one attached hydrogen (secondary N) is 2. The molecule has 2 amide bonds. The fourth-order valence-corrected chi connectivity index (χ4v) is 3.09. The normalized spacial score (nSPS) is 17.9. The summed E-state index contributed by atoms with van der Waals surface area (Å²) in [7, 11) is 0. The summed E-state index contributed by atoms with van der Waals surface area (Å²) in [5.74, 6) is -0.107. The van der Waals surface area contributed by atoms with Crippen molar-refractivity contribution in [1.29, 1.82) is 0 Å². The molecule has 0 bridgehead atoms. The largest absolute Gasteiger partial charge is 0.492 e. The van der Waals surface area contributed by atoms with Crippen molar-refractivity contribution in [3.05, 3.63) is 59.1 Å². The molecule has 2 unspecified atom stereocenters. The number of amides is 2. The van der Waals surface area contributed by atoms with E-state index < -0.39 is 0 Å². The van der Waals surface area contributed by atoms with Gasteiger partial charge in [-0.15, -0.1) is 0 Å². The van der Waals surface area contributed by atoms with Gasteiger partial charge in [0.05, 0.1) is 24.1 Å². The molecule has 2 aromatic carbocycles. The molecule has 1 aliphatic rings. The fraction of sp³-hybridized carbons (Fsp3) is 0.333. The second-order valence-corrected chi connectivity index (χ2v) is 6.97. The van der Waals surface area contributed by atoms with Gasteiger partial charge in [-0.2, -0.15) is 0 Å². The first kappa shape index (κ1) is 19.2. The molecular formula is C21H23ClN2O3. The van der Waals surface area contributed by atoms with Crippen LogP contribution in [-0.2, 0) is 16.0 Å². The van der Waals surface area contributed by atoms with Crippen LogP contribution in [0.4, 0.5) is 5.69 Å². The van der Waals surface area contributed by atoms with Gasteiger partial charge in [0.15, 0.2) is 0 Å². The zero-order chi connectivity index (χ0) is 19.2. The number of halogens is 1. The molecule has 0 spiro atoms. The summed E-state index contributed by atoms with van der Waals surface area (Å²) < 4.78 is 5.51. The maximum absolute atomic E-state index is 12.4. The minimum absolute atomic E-state index is 0.0674. The fourth-order valence-electron chi connectivity index (χ4n) is 2.96. The number of hydrogen-bond donors (Lipinski definition) is 2. The molecule has 0 saturated heterocycles. The van der Waals surface area contributed by atoms with E-state index >= 15 is 0 Å². The van der Waals surface area contributed by atoms with Gasteiger partial charge >= 0.3 is 0 Å². The van der Waals surface area contributed by atoms with Crippen LogP contribution >= 0.6 is 11.6 Å². The first-order valence-corrected chi connectivity index (χ1v) is 9.51. The van der Waals surface area contributed by atoms with Crippen molar-refractivity contribution in [2.24, 2.45) is 11.8 Å². The Morgan fingerprint density at radius 2 is 1.78 bits per heavy atom. The van der Waals surface area contributed by atoms with Gasteiger partial charge in [0.25, 0.3) is 0 Å². The number of benzene rings is 2. The molecule has 5 nitrogen and oxygen atoms in total. The van der Waals surface area contributed by atoms with Gasteiger partial charge in [-0.05, 0) is 49.6 Å². The molecule has 3 rings (SSSR count). The van der Waals surface area contributed by atoms with Crippen LogP contribution in [0.2, 0.25) is 5.02 Å². The average Bonchev–Trinajstić information content (AvgIpc) is 3.46. The number of anilines is 1. The van der Waals surface area contributed by atoms with E-state index in [1.54, 1.807) is 6.07 Å². The summed E-state index contributed by atoms with van der Waals surface area (Å²) in [6, 6.07) is 14.9. The molecule has 27 heavy (non-hydrogen) atoms. The van der Waals surface area contributed by atoms with Crippen molar-refractivity contribution >= 4 is 29.1 Å². The molecule has 2 aromatic rings. The molecule has 0 aliphatic heterocycles. The van der Waals surface area contributed by atoms with Crippen LogP contribution in [0.1, 0.15) is 18.9 Å². The second-order valence-electron chi connectivity index (χ2n) is 6.53. The molecule has 0 aromatic heterocycles. The van der Waals surface area contributed by atoms with Gasteiger partial charge in [0.1, 0.15) is 5.75 Å². The second kappa shape index (κ2) is 8.91. The Bertz CT molecular complexity index is 807. The molecule has 2 N–H and O–H groups in total. The molecule has 0 radical (unpaired) electrons. The summed E-state index contributed by atoms with van der Waals surface area (Å²) in [5, 5.41) is 6.48. The monoisotopic (exact) mass is 386 g/mol. The first-order valence-electron chi connectivity index (χ1n) is 9.13. The van der Waals surface area contributed by atoms with E-state index in [4.69, 9.17) is 16.3 Å². The zero-order valence-corrected chi connectivity index (χ0v) is 16.0. The zero-order valence-electron chi connectivity index (χ0n) is 15.2. The van der Waals surface area contributed by atoms with Crippen LogP contribution < -0.4 is 15.4 Å². The van der Waals surface area contributed by atoms with Crippen molar-refractivity contribution in [3.63, 3.8) is 0 Å². The minimum atomic E-state index is -0.282. The number of carbonyl (C=O) groups excluding carboxylic acids is 2. The number of carbonyl (C=O) groups is 2. The van der Waals surface area contributed by atoms with Crippen molar-refractivity contribution in [2.75, 3.05) is 18.5 Å². The van der Waals surface area contributed by atoms with Gasteiger partial charge in [-0.25, -0.2) is 0 Å². The third-order valence-electron chi connectivity index (χ3n) is 4.53. The van der Waals surface area contributed by atoms with Crippen LogP contribution in [0.5, 0.6) is 5.75 Å². The summed E-state index contributed by atoms with van der Waals surface area (Å²) in [6.07, 6.45) is 1.31. The third kappa shape index (κ3) is 5.23. The maximum atomic E-state index is 12.4. The molecule has 142 valence electrons. The summed E-state index contributed by atoms with van der Waals surface area (Å²) in [5.41, 5.74) is 1.75. The Hall–Kier alpha value is -2.53. The predicted octanol–water partition coefficient (Wildman–Crippen LogP) is 3.67. The molecule has 6 heteroatoms. The lowest BCUT2D eigenvalue weighted by molar-refractivity contribution is -0.125. The van der Waals surface area contributed by atoms with Crippen LogP contribution in [-0.4, -0.2) is 25.0 Å². The van der Waals surface area contributed by atoms with E-state index in [0.717, 1.165) is 12.0 Å². The SMILES string of the molecule is CCOc1ccccc1NC(=O)C1CC1C(=O)NCCc1ccc(Cl)cc1. The molecule has 1 aliphatic carbocycles. The smallest absolute Gasteiger partial charge is 0.228 e. The predicted molar refractivity (Wildman–Crippen MR) is 106 cm³/mol. The average molecular weight is 387 g/mol. The lowest BCUT2D eigenvalue weighted by Crippen LogP contribution is -2.29. The van der Waals surface area contributed by atoms with E-state index in [1.165, 1.54) is 0 Å². The molecule has 1 saturated carbocycles. The van der Waals surface area contributed by atoms with Crippen LogP contribution in [0.25, 0.3) is 0 Å². The molecule has 2 atom stereocenters. The van der Waals surface area contributed by atoms with Crippen LogP contribution in [0, 0.1) is 11.8 Å². The highest BCUT2D eigenvalue weighted by molar-refractivity contribution is 6.30. The van der Waals surface area contributed by atoms with Crippen molar-refractivity contribution in [1.82, 2.24) is 5.32 Å². The highest BCUT2D eigenvalue weighted by Gasteiger charge is 2.48. The highest BCUT2D eigenvalue weighted by Crippen LogP contribution is 2.40. The van der Waals surface area contributed by atoms with Gasteiger partial charge in [0, 0.05) is 11.6 Å². The lowest BCUT2D eigenvalue weighted by atomic mass is 10.1. The Balaban J connectivity index is 1.45. The summed E-state index contributed by atoms with van der Waals surface area (Å²) >= 11 is 5.86. The molecule has 0 heterocycles. The van der Waals surface area contributed by atoms with Crippen molar-refractivity contribution in [2.45, 2.75) is 19.8 Å². The summed E-state index contributed by atoms with van der Waals surface area (Å²) in [6.45, 7) is 2.96. The highest BCUT2D eigenvalue weighted by atomic mass is 35.5. The van der Waals surface area contributed by atoms with E-state index in [1.807, 2.05) is 49.4 Å². The van der Waals surface area contributed by atoms with Gasteiger partial charge in [-0.1, -0.05) is 35.9 Å². The Morgan fingerprint density at radius 1 is 1.07 bits per heavy atom. The quantitative estimate of drug-likeness (QED) is 0.727. The van der Waals surface area contributed by atoms with Gasteiger partial charge < -0.3 is 15.4 Å². The van der Waals surface area contributed by atoms with E-state index in [9.17, 15) is 9.59 Å². The van der Waals surface area contributed by atoms with Crippen LogP contribution in [0.15, 0.2) is 48.5 Å². The Morgan fingerprint density at radius 3 is 2.52 bits per heavy atom. The van der Waals surface area contributed by atoms with E-state index in [0.29, 0.717) is 36.0 Å².